The first-order valence-electron chi connectivity index (χ1n) is 10.4. The molecule has 0 aliphatic carbocycles. The van der Waals surface area contributed by atoms with Crippen LogP contribution in [0.25, 0.3) is 16.9 Å². The summed E-state index contributed by atoms with van der Waals surface area (Å²) in [6.07, 6.45) is 2.36. The van der Waals surface area contributed by atoms with Crippen LogP contribution in [0.2, 0.25) is 0 Å². The van der Waals surface area contributed by atoms with Gasteiger partial charge >= 0.3 is 0 Å². The molecule has 1 amide bonds. The van der Waals surface area contributed by atoms with Gasteiger partial charge in [-0.15, -0.1) is 0 Å². The lowest BCUT2D eigenvalue weighted by Crippen LogP contribution is -2.26. The molecule has 0 unspecified atom stereocenters. The molecule has 0 atom stereocenters. The molecule has 4 aromatic rings. The van der Waals surface area contributed by atoms with E-state index in [1.165, 1.54) is 6.07 Å². The Morgan fingerprint density at radius 2 is 1.81 bits per heavy atom. The first kappa shape index (κ1) is 21.3. The summed E-state index contributed by atoms with van der Waals surface area (Å²) < 4.78 is 21.8. The van der Waals surface area contributed by atoms with Crippen molar-refractivity contribution in [2.24, 2.45) is 0 Å². The molecule has 0 bridgehead atoms. The van der Waals surface area contributed by atoms with E-state index in [9.17, 15) is 9.18 Å². The molecule has 32 heavy (non-hydrogen) atoms. The average Bonchev–Trinajstić information content (AvgIpc) is 3.17. The van der Waals surface area contributed by atoms with E-state index in [0.717, 1.165) is 22.7 Å². The highest BCUT2D eigenvalue weighted by molar-refractivity contribution is 5.97. The number of pyridine rings is 1. The quantitative estimate of drug-likeness (QED) is 0.451. The fourth-order valence-corrected chi connectivity index (χ4v) is 3.70. The summed E-state index contributed by atoms with van der Waals surface area (Å²) >= 11 is 0. The van der Waals surface area contributed by atoms with Crippen molar-refractivity contribution in [1.82, 2.24) is 14.9 Å². The monoisotopic (exact) mass is 429 g/mol. The highest BCUT2D eigenvalue weighted by Gasteiger charge is 2.21. The van der Waals surface area contributed by atoms with Crippen LogP contribution < -0.4 is 10.1 Å². The van der Waals surface area contributed by atoms with E-state index in [1.54, 1.807) is 42.1 Å². The highest BCUT2D eigenvalue weighted by Crippen LogP contribution is 2.31. The number of methoxy groups -OCH3 is 1. The molecule has 0 saturated heterocycles. The van der Waals surface area contributed by atoms with Gasteiger partial charge in [-0.1, -0.05) is 18.2 Å². The van der Waals surface area contributed by atoms with Gasteiger partial charge in [-0.3, -0.25) is 9.78 Å². The lowest BCUT2D eigenvalue weighted by atomic mass is 10.1. The van der Waals surface area contributed by atoms with Gasteiger partial charge in [-0.25, -0.2) is 4.39 Å². The molecule has 162 valence electrons. The van der Waals surface area contributed by atoms with Crippen molar-refractivity contribution in [3.8, 4) is 22.7 Å². The summed E-state index contributed by atoms with van der Waals surface area (Å²) in [5, 5.41) is 2.96. The molecule has 0 aliphatic rings. The molecular formula is C26H24FN3O2. The average molecular weight is 429 g/mol. The van der Waals surface area contributed by atoms with Crippen LogP contribution in [0.3, 0.4) is 0 Å². The number of benzene rings is 2. The number of nitrogens with one attached hydrogen (secondary N) is 1. The van der Waals surface area contributed by atoms with Crippen LogP contribution in [0, 0.1) is 12.7 Å². The molecular weight excluding hydrogens is 405 g/mol. The summed E-state index contributed by atoms with van der Waals surface area (Å²) in [5.41, 5.74) is 4.04. The minimum atomic E-state index is -0.358. The Morgan fingerprint density at radius 1 is 1.06 bits per heavy atom. The van der Waals surface area contributed by atoms with Gasteiger partial charge in [0, 0.05) is 30.6 Å². The normalized spacial score (nSPS) is 10.7. The Balaban J connectivity index is 1.68. The van der Waals surface area contributed by atoms with Crippen LogP contribution in [-0.4, -0.2) is 29.1 Å². The summed E-state index contributed by atoms with van der Waals surface area (Å²) in [5.74, 6) is 0.160. The SMILES string of the molecule is COc1ccc(-c2cc(C(=O)NCCc3ccccn3)c(C)n2-c2ccccc2F)cc1. The van der Waals surface area contributed by atoms with Gasteiger partial charge in [0.1, 0.15) is 11.6 Å². The number of halogens is 1. The third-order valence-corrected chi connectivity index (χ3v) is 5.36. The van der Waals surface area contributed by atoms with Crippen molar-refractivity contribution >= 4 is 5.91 Å². The smallest absolute Gasteiger partial charge is 0.253 e. The van der Waals surface area contributed by atoms with Gasteiger partial charge in [0.2, 0.25) is 0 Å². The molecule has 0 aliphatic heterocycles. The minimum absolute atomic E-state index is 0.205. The number of hydrogen-bond acceptors (Lipinski definition) is 3. The van der Waals surface area contributed by atoms with E-state index >= 15 is 0 Å². The van der Waals surface area contributed by atoms with Gasteiger partial charge in [0.25, 0.3) is 5.91 Å². The Kier molecular flexibility index (Phi) is 6.31. The van der Waals surface area contributed by atoms with E-state index in [0.29, 0.717) is 29.9 Å². The zero-order valence-electron chi connectivity index (χ0n) is 18.0. The molecule has 1 N–H and O–H groups in total. The first-order valence-corrected chi connectivity index (χ1v) is 10.4. The molecule has 0 saturated carbocycles. The van der Waals surface area contributed by atoms with Gasteiger partial charge in [0.15, 0.2) is 0 Å². The lowest BCUT2D eigenvalue weighted by Gasteiger charge is -2.13. The van der Waals surface area contributed by atoms with Crippen molar-refractivity contribution in [2.45, 2.75) is 13.3 Å². The van der Waals surface area contributed by atoms with Crippen LogP contribution in [0.1, 0.15) is 21.7 Å². The van der Waals surface area contributed by atoms with Crippen LogP contribution in [0.5, 0.6) is 5.75 Å². The number of amides is 1. The van der Waals surface area contributed by atoms with Crippen molar-refractivity contribution in [2.75, 3.05) is 13.7 Å². The second kappa shape index (κ2) is 9.47. The predicted octanol–water partition coefficient (Wildman–Crippen LogP) is 4.97. The zero-order chi connectivity index (χ0) is 22.5. The molecule has 5 nitrogen and oxygen atoms in total. The maximum Gasteiger partial charge on any atom is 0.253 e. The van der Waals surface area contributed by atoms with Gasteiger partial charge in [-0.05, 0) is 67.1 Å². The molecule has 0 spiro atoms. The molecule has 2 aromatic heterocycles. The maximum absolute atomic E-state index is 14.7. The Labute approximate surface area is 186 Å². The van der Waals surface area contributed by atoms with Crippen LogP contribution in [0.4, 0.5) is 4.39 Å². The Hall–Kier alpha value is -3.93. The highest BCUT2D eigenvalue weighted by atomic mass is 19.1. The van der Waals surface area contributed by atoms with E-state index < -0.39 is 0 Å². The lowest BCUT2D eigenvalue weighted by molar-refractivity contribution is 0.0953. The van der Waals surface area contributed by atoms with Gasteiger partial charge in [0.05, 0.1) is 24.1 Å². The Bertz CT molecular complexity index is 1220. The van der Waals surface area contributed by atoms with E-state index in [4.69, 9.17) is 4.74 Å². The van der Waals surface area contributed by atoms with Crippen molar-refractivity contribution in [3.05, 3.63) is 102 Å². The molecule has 4 rings (SSSR count). The largest absolute Gasteiger partial charge is 0.497 e. The maximum atomic E-state index is 14.7. The van der Waals surface area contributed by atoms with Crippen molar-refractivity contribution in [1.29, 1.82) is 0 Å². The summed E-state index contributed by atoms with van der Waals surface area (Å²) in [6, 6.07) is 21.5. The number of carbonyl (C=O) groups is 1. The molecule has 6 heteroatoms. The Morgan fingerprint density at radius 3 is 2.50 bits per heavy atom. The van der Waals surface area contributed by atoms with Crippen LogP contribution in [0.15, 0.2) is 79.0 Å². The molecule has 2 heterocycles. The summed E-state index contributed by atoms with van der Waals surface area (Å²) in [6.45, 7) is 2.28. The number of rotatable bonds is 7. The number of carbonyl (C=O) groups excluding carboxylic acids is 1. The third-order valence-electron chi connectivity index (χ3n) is 5.36. The van der Waals surface area contributed by atoms with Crippen molar-refractivity contribution in [3.63, 3.8) is 0 Å². The zero-order valence-corrected chi connectivity index (χ0v) is 18.0. The number of nitrogens with zero attached hydrogens (tertiary/aromatic N) is 2. The second-order valence-electron chi connectivity index (χ2n) is 7.37. The van der Waals surface area contributed by atoms with Crippen LogP contribution in [-0.2, 0) is 6.42 Å². The van der Waals surface area contributed by atoms with E-state index in [2.05, 4.69) is 10.3 Å². The van der Waals surface area contributed by atoms with Crippen molar-refractivity contribution < 1.29 is 13.9 Å². The molecule has 0 fully saturated rings. The predicted molar refractivity (Wildman–Crippen MR) is 123 cm³/mol. The number of para-hydroxylation sites is 1. The van der Waals surface area contributed by atoms with Gasteiger partial charge in [-0.2, -0.15) is 0 Å². The van der Waals surface area contributed by atoms with Crippen LogP contribution >= 0.6 is 0 Å². The second-order valence-corrected chi connectivity index (χ2v) is 7.37. The summed E-state index contributed by atoms with van der Waals surface area (Å²) in [4.78, 5) is 17.3. The fourth-order valence-electron chi connectivity index (χ4n) is 3.70. The third kappa shape index (κ3) is 4.39. The van der Waals surface area contributed by atoms with E-state index in [1.807, 2.05) is 49.4 Å². The van der Waals surface area contributed by atoms with E-state index in [-0.39, 0.29) is 11.7 Å². The topological polar surface area (TPSA) is 56.1 Å². The summed E-state index contributed by atoms with van der Waals surface area (Å²) in [7, 11) is 1.61. The molecule has 0 radical (unpaired) electrons. The standard InChI is InChI=1S/C26H24FN3O2/c1-18-22(26(31)29-16-14-20-7-5-6-15-28-20)17-25(19-10-12-21(32-2)13-11-19)30(18)24-9-4-3-8-23(24)27/h3-13,15,17H,14,16H2,1-2H3,(H,29,31). The molecule has 2 aromatic carbocycles. The number of ether oxygens (including phenoxy) is 1. The number of hydrogen-bond donors (Lipinski definition) is 1. The number of aromatic nitrogens is 2. The first-order chi connectivity index (χ1) is 15.6. The minimum Gasteiger partial charge on any atom is -0.497 e. The fraction of sp³-hybridized carbons (Fsp3) is 0.154. The van der Waals surface area contributed by atoms with Gasteiger partial charge < -0.3 is 14.6 Å².